The molecule has 0 aromatic carbocycles. The summed E-state index contributed by atoms with van der Waals surface area (Å²) in [4.78, 5) is 0. The number of hydrogen-bond acceptors (Lipinski definition) is 2. The fourth-order valence-electron chi connectivity index (χ4n) is 5.81. The zero-order chi connectivity index (χ0) is 12.9. The first-order valence-corrected chi connectivity index (χ1v) is 8.52. The Kier molecular flexibility index (Phi) is 3.15. The van der Waals surface area contributed by atoms with Crippen LogP contribution < -0.4 is 5.32 Å². The number of nitrogens with one attached hydrogen (secondary N) is 1. The Balaban J connectivity index is 1.42. The molecule has 1 atom stereocenters. The van der Waals surface area contributed by atoms with E-state index in [-0.39, 0.29) is 0 Å². The van der Waals surface area contributed by atoms with Crippen molar-refractivity contribution in [1.82, 2.24) is 5.32 Å². The molecule has 0 amide bonds. The smallest absolute Gasteiger partial charge is 0.0625 e. The van der Waals surface area contributed by atoms with Gasteiger partial charge in [-0.05, 0) is 87.5 Å². The first-order valence-electron chi connectivity index (χ1n) is 8.52. The lowest BCUT2D eigenvalue weighted by Crippen LogP contribution is -2.56. The second-order valence-corrected chi connectivity index (χ2v) is 8.10. The third kappa shape index (κ3) is 2.35. The van der Waals surface area contributed by atoms with E-state index in [1.165, 1.54) is 51.4 Å². The van der Waals surface area contributed by atoms with E-state index in [0.29, 0.717) is 11.5 Å². The molecule has 4 bridgehead atoms. The fourth-order valence-corrected chi connectivity index (χ4v) is 5.81. The Morgan fingerprint density at radius 2 is 1.63 bits per heavy atom. The minimum Gasteiger partial charge on any atom is -0.380 e. The first kappa shape index (κ1) is 12.6. The van der Waals surface area contributed by atoms with Crippen molar-refractivity contribution in [2.24, 2.45) is 29.1 Å². The van der Waals surface area contributed by atoms with Gasteiger partial charge in [-0.1, -0.05) is 0 Å². The lowest BCUT2D eigenvalue weighted by Gasteiger charge is -2.59. The van der Waals surface area contributed by atoms with Gasteiger partial charge in [0.25, 0.3) is 0 Å². The van der Waals surface area contributed by atoms with Gasteiger partial charge >= 0.3 is 0 Å². The first-order chi connectivity index (χ1) is 9.27. The minimum absolute atomic E-state index is 0.590. The molecule has 5 rings (SSSR count). The van der Waals surface area contributed by atoms with Crippen molar-refractivity contribution in [1.29, 1.82) is 0 Å². The molecule has 0 spiro atoms. The molecular formula is C17H29NO. The summed E-state index contributed by atoms with van der Waals surface area (Å²) in [6, 6.07) is 0.611. The third-order valence-corrected chi connectivity index (χ3v) is 6.51. The van der Waals surface area contributed by atoms with Crippen molar-refractivity contribution >= 4 is 0 Å². The molecule has 5 aliphatic rings. The Labute approximate surface area is 117 Å². The number of rotatable bonds is 6. The summed E-state index contributed by atoms with van der Waals surface area (Å²) in [5, 5.41) is 3.63. The van der Waals surface area contributed by atoms with Gasteiger partial charge in [-0.2, -0.15) is 0 Å². The molecular weight excluding hydrogens is 234 g/mol. The van der Waals surface area contributed by atoms with E-state index in [4.69, 9.17) is 4.74 Å². The van der Waals surface area contributed by atoms with Gasteiger partial charge in [-0.3, -0.25) is 0 Å². The normalized spacial score (nSPS) is 45.6. The van der Waals surface area contributed by atoms with Crippen molar-refractivity contribution in [2.45, 2.75) is 57.4 Å². The van der Waals surface area contributed by atoms with Gasteiger partial charge in [-0.25, -0.2) is 0 Å². The molecule has 1 N–H and O–H groups in total. The third-order valence-electron chi connectivity index (χ3n) is 6.51. The highest BCUT2D eigenvalue weighted by Crippen LogP contribution is 2.61. The Hall–Kier alpha value is -0.0800. The summed E-state index contributed by atoms with van der Waals surface area (Å²) in [5.74, 6) is 4.04. The lowest BCUT2D eigenvalue weighted by molar-refractivity contribution is -0.0877. The SMILES string of the molecule is CNC(COCC1CC1)C12CC3CC(CC(C3)C1)C2. The van der Waals surface area contributed by atoms with Crippen LogP contribution in [0, 0.1) is 29.1 Å². The van der Waals surface area contributed by atoms with E-state index in [9.17, 15) is 0 Å². The molecule has 0 heterocycles. The molecule has 0 saturated heterocycles. The van der Waals surface area contributed by atoms with Crippen LogP contribution in [-0.4, -0.2) is 26.3 Å². The molecule has 0 aromatic rings. The zero-order valence-corrected chi connectivity index (χ0v) is 12.4. The fraction of sp³-hybridized carbons (Fsp3) is 1.00. The number of likely N-dealkylation sites (N-methyl/N-ethyl adjacent to an activating group) is 1. The van der Waals surface area contributed by atoms with Crippen molar-refractivity contribution < 1.29 is 4.74 Å². The highest BCUT2D eigenvalue weighted by molar-refractivity contribution is 5.06. The molecule has 2 nitrogen and oxygen atoms in total. The molecule has 108 valence electrons. The van der Waals surface area contributed by atoms with Crippen molar-refractivity contribution in [3.8, 4) is 0 Å². The van der Waals surface area contributed by atoms with Crippen LogP contribution in [-0.2, 0) is 4.74 Å². The molecule has 0 aromatic heterocycles. The molecule has 5 saturated carbocycles. The van der Waals surface area contributed by atoms with E-state index in [1.807, 2.05) is 0 Å². The molecule has 5 fully saturated rings. The summed E-state index contributed by atoms with van der Waals surface area (Å²) >= 11 is 0. The van der Waals surface area contributed by atoms with Gasteiger partial charge in [0.05, 0.1) is 6.61 Å². The molecule has 5 aliphatic carbocycles. The second-order valence-electron chi connectivity index (χ2n) is 8.10. The monoisotopic (exact) mass is 263 g/mol. The average Bonchev–Trinajstić information content (AvgIpc) is 3.16. The molecule has 0 radical (unpaired) electrons. The standard InChI is InChI=1S/C17H29NO/c1-18-16(11-19-10-12-2-3-12)17-7-13-4-14(8-17)6-15(5-13)9-17/h12-16,18H,2-11H2,1H3. The Morgan fingerprint density at radius 3 is 2.11 bits per heavy atom. The Bertz CT molecular complexity index is 301. The second kappa shape index (κ2) is 4.73. The number of ether oxygens (including phenoxy) is 1. The summed E-state index contributed by atoms with van der Waals surface area (Å²) in [6.45, 7) is 1.98. The van der Waals surface area contributed by atoms with Crippen LogP contribution >= 0.6 is 0 Å². The molecule has 2 heteroatoms. The van der Waals surface area contributed by atoms with Crippen molar-refractivity contribution in [2.75, 3.05) is 20.3 Å². The topological polar surface area (TPSA) is 21.3 Å². The average molecular weight is 263 g/mol. The molecule has 0 aliphatic heterocycles. The highest BCUT2D eigenvalue weighted by atomic mass is 16.5. The van der Waals surface area contributed by atoms with E-state index in [2.05, 4.69) is 12.4 Å². The maximum absolute atomic E-state index is 6.04. The van der Waals surface area contributed by atoms with Crippen LogP contribution in [0.25, 0.3) is 0 Å². The maximum Gasteiger partial charge on any atom is 0.0625 e. The maximum atomic E-state index is 6.04. The van der Waals surface area contributed by atoms with Crippen molar-refractivity contribution in [3.05, 3.63) is 0 Å². The Morgan fingerprint density at radius 1 is 1.05 bits per heavy atom. The highest BCUT2D eigenvalue weighted by Gasteiger charge is 2.53. The quantitative estimate of drug-likeness (QED) is 0.794. The number of hydrogen-bond donors (Lipinski definition) is 1. The molecule has 1 unspecified atom stereocenters. The predicted octanol–water partition coefficient (Wildman–Crippen LogP) is 3.22. The summed E-state index contributed by atoms with van der Waals surface area (Å²) in [5.41, 5.74) is 0.590. The zero-order valence-electron chi connectivity index (χ0n) is 12.4. The summed E-state index contributed by atoms with van der Waals surface area (Å²) < 4.78 is 6.04. The van der Waals surface area contributed by atoms with Crippen LogP contribution in [0.2, 0.25) is 0 Å². The van der Waals surface area contributed by atoms with Crippen molar-refractivity contribution in [3.63, 3.8) is 0 Å². The van der Waals surface area contributed by atoms with Crippen LogP contribution in [0.3, 0.4) is 0 Å². The van der Waals surface area contributed by atoms with Gasteiger partial charge in [0.1, 0.15) is 0 Å². The van der Waals surface area contributed by atoms with Gasteiger partial charge in [-0.15, -0.1) is 0 Å². The van der Waals surface area contributed by atoms with E-state index >= 15 is 0 Å². The van der Waals surface area contributed by atoms with Crippen LogP contribution in [0.4, 0.5) is 0 Å². The van der Waals surface area contributed by atoms with Gasteiger partial charge in [0, 0.05) is 12.6 Å². The summed E-state index contributed by atoms with van der Waals surface area (Å²) in [7, 11) is 2.16. The van der Waals surface area contributed by atoms with E-state index in [0.717, 1.165) is 36.9 Å². The minimum atomic E-state index is 0.590. The van der Waals surface area contributed by atoms with Gasteiger partial charge in [0.15, 0.2) is 0 Å². The largest absolute Gasteiger partial charge is 0.380 e. The summed E-state index contributed by atoms with van der Waals surface area (Å²) in [6.07, 6.45) is 11.9. The van der Waals surface area contributed by atoms with E-state index < -0.39 is 0 Å². The molecule has 19 heavy (non-hydrogen) atoms. The lowest BCUT2D eigenvalue weighted by atomic mass is 9.48. The van der Waals surface area contributed by atoms with Crippen LogP contribution in [0.15, 0.2) is 0 Å². The van der Waals surface area contributed by atoms with Gasteiger partial charge in [0.2, 0.25) is 0 Å². The predicted molar refractivity (Wildman–Crippen MR) is 77.0 cm³/mol. The van der Waals surface area contributed by atoms with Gasteiger partial charge < -0.3 is 10.1 Å². The van der Waals surface area contributed by atoms with E-state index in [1.54, 1.807) is 0 Å². The van der Waals surface area contributed by atoms with Crippen LogP contribution in [0.5, 0.6) is 0 Å². The van der Waals surface area contributed by atoms with Crippen LogP contribution in [0.1, 0.15) is 51.4 Å².